The van der Waals surface area contributed by atoms with Gasteiger partial charge < -0.3 is 15.2 Å². The average molecular weight is 278 g/mol. The zero-order chi connectivity index (χ0) is 12.8. The van der Waals surface area contributed by atoms with Crippen LogP contribution >= 0.6 is 23.2 Å². The van der Waals surface area contributed by atoms with Gasteiger partial charge in [-0.05, 0) is 31.5 Å². The summed E-state index contributed by atoms with van der Waals surface area (Å²) in [6.07, 6.45) is -0.564. The quantitative estimate of drug-likeness (QED) is 0.840. The maximum atomic E-state index is 9.59. The number of rotatable bonds is 6. The van der Waals surface area contributed by atoms with Gasteiger partial charge in [0.2, 0.25) is 0 Å². The number of ether oxygens (including phenoxy) is 1. The third kappa shape index (κ3) is 4.72. The SMILES string of the molecule is CCOCC(O)CNc1cc(Cl)c(C)cc1Cl. The first-order valence-electron chi connectivity index (χ1n) is 5.50. The van der Waals surface area contributed by atoms with Gasteiger partial charge in [-0.15, -0.1) is 0 Å². The van der Waals surface area contributed by atoms with Crippen LogP contribution in [0.2, 0.25) is 10.0 Å². The number of halogens is 2. The molecule has 0 aliphatic rings. The monoisotopic (exact) mass is 277 g/mol. The number of hydrogen-bond donors (Lipinski definition) is 2. The minimum absolute atomic E-state index is 0.306. The number of benzene rings is 1. The molecule has 1 aromatic rings. The van der Waals surface area contributed by atoms with Gasteiger partial charge in [-0.25, -0.2) is 0 Å². The largest absolute Gasteiger partial charge is 0.389 e. The van der Waals surface area contributed by atoms with Crippen LogP contribution in [-0.4, -0.2) is 31.0 Å². The van der Waals surface area contributed by atoms with Gasteiger partial charge in [-0.3, -0.25) is 0 Å². The predicted octanol–water partition coefficient (Wildman–Crippen LogP) is 3.11. The summed E-state index contributed by atoms with van der Waals surface area (Å²) in [5.74, 6) is 0. The van der Waals surface area contributed by atoms with Crippen molar-refractivity contribution >= 4 is 28.9 Å². The molecule has 1 rings (SSSR count). The molecular weight excluding hydrogens is 261 g/mol. The summed E-state index contributed by atoms with van der Waals surface area (Å²) >= 11 is 12.1. The molecule has 1 unspecified atom stereocenters. The van der Waals surface area contributed by atoms with Crippen LogP contribution in [0.15, 0.2) is 12.1 Å². The Labute approximate surface area is 112 Å². The minimum Gasteiger partial charge on any atom is -0.389 e. The van der Waals surface area contributed by atoms with Crippen molar-refractivity contribution in [2.24, 2.45) is 0 Å². The molecule has 2 N–H and O–H groups in total. The highest BCUT2D eigenvalue weighted by atomic mass is 35.5. The Morgan fingerprint density at radius 1 is 1.35 bits per heavy atom. The van der Waals surface area contributed by atoms with E-state index in [2.05, 4.69) is 5.32 Å². The molecule has 0 aromatic heterocycles. The maximum Gasteiger partial charge on any atom is 0.0945 e. The summed E-state index contributed by atoms with van der Waals surface area (Å²) in [4.78, 5) is 0. The molecule has 0 fully saturated rings. The van der Waals surface area contributed by atoms with Crippen molar-refractivity contribution in [1.29, 1.82) is 0 Å². The molecule has 1 aromatic carbocycles. The van der Waals surface area contributed by atoms with Gasteiger partial charge in [0.15, 0.2) is 0 Å². The molecule has 0 spiro atoms. The molecule has 96 valence electrons. The lowest BCUT2D eigenvalue weighted by Crippen LogP contribution is -2.24. The van der Waals surface area contributed by atoms with Crippen LogP contribution in [0.25, 0.3) is 0 Å². The normalized spacial score (nSPS) is 12.5. The predicted molar refractivity (Wildman–Crippen MR) is 72.2 cm³/mol. The summed E-state index contributed by atoms with van der Waals surface area (Å²) < 4.78 is 5.11. The van der Waals surface area contributed by atoms with Crippen molar-refractivity contribution in [3.8, 4) is 0 Å². The smallest absolute Gasteiger partial charge is 0.0945 e. The van der Waals surface area contributed by atoms with Crippen molar-refractivity contribution < 1.29 is 9.84 Å². The van der Waals surface area contributed by atoms with E-state index in [1.165, 1.54) is 0 Å². The second-order valence-corrected chi connectivity index (χ2v) is 4.59. The van der Waals surface area contributed by atoms with Crippen LogP contribution in [0, 0.1) is 6.92 Å². The molecule has 0 aliphatic heterocycles. The Morgan fingerprint density at radius 2 is 2.06 bits per heavy atom. The van der Waals surface area contributed by atoms with Gasteiger partial charge in [-0.1, -0.05) is 23.2 Å². The van der Waals surface area contributed by atoms with E-state index in [1.807, 2.05) is 13.8 Å². The minimum atomic E-state index is -0.564. The first kappa shape index (κ1) is 14.6. The molecule has 0 aliphatic carbocycles. The van der Waals surface area contributed by atoms with Gasteiger partial charge >= 0.3 is 0 Å². The van der Waals surface area contributed by atoms with E-state index in [4.69, 9.17) is 27.9 Å². The molecule has 0 amide bonds. The van der Waals surface area contributed by atoms with Crippen LogP contribution in [0.1, 0.15) is 12.5 Å². The van der Waals surface area contributed by atoms with Crippen LogP contribution in [0.3, 0.4) is 0 Å². The van der Waals surface area contributed by atoms with Gasteiger partial charge in [0, 0.05) is 18.2 Å². The van der Waals surface area contributed by atoms with E-state index in [0.29, 0.717) is 29.8 Å². The maximum absolute atomic E-state index is 9.59. The Balaban J connectivity index is 2.54. The molecule has 1 atom stereocenters. The van der Waals surface area contributed by atoms with Gasteiger partial charge in [0.1, 0.15) is 0 Å². The average Bonchev–Trinajstić information content (AvgIpc) is 2.29. The highest BCUT2D eigenvalue weighted by molar-refractivity contribution is 6.35. The number of hydrogen-bond acceptors (Lipinski definition) is 3. The lowest BCUT2D eigenvalue weighted by molar-refractivity contribution is 0.0496. The number of aliphatic hydroxyl groups is 1. The van der Waals surface area contributed by atoms with E-state index >= 15 is 0 Å². The molecule has 0 radical (unpaired) electrons. The van der Waals surface area contributed by atoms with Crippen molar-refractivity contribution in [3.05, 3.63) is 27.7 Å². The molecule has 5 heteroatoms. The van der Waals surface area contributed by atoms with E-state index < -0.39 is 6.10 Å². The highest BCUT2D eigenvalue weighted by Crippen LogP contribution is 2.28. The fourth-order valence-electron chi connectivity index (χ4n) is 1.32. The molecule has 0 saturated carbocycles. The zero-order valence-electron chi connectivity index (χ0n) is 9.96. The van der Waals surface area contributed by atoms with E-state index in [0.717, 1.165) is 11.3 Å². The number of aliphatic hydroxyl groups excluding tert-OH is 1. The van der Waals surface area contributed by atoms with Crippen LogP contribution in [0.4, 0.5) is 5.69 Å². The number of aryl methyl sites for hydroxylation is 1. The van der Waals surface area contributed by atoms with Crippen LogP contribution in [0.5, 0.6) is 0 Å². The summed E-state index contributed by atoms with van der Waals surface area (Å²) in [7, 11) is 0. The van der Waals surface area contributed by atoms with Crippen molar-refractivity contribution in [2.75, 3.05) is 25.1 Å². The molecule has 0 heterocycles. The summed E-state index contributed by atoms with van der Waals surface area (Å²) in [6.45, 7) is 5.05. The van der Waals surface area contributed by atoms with E-state index in [9.17, 15) is 5.11 Å². The molecule has 17 heavy (non-hydrogen) atoms. The second-order valence-electron chi connectivity index (χ2n) is 3.78. The first-order chi connectivity index (χ1) is 8.04. The highest BCUT2D eigenvalue weighted by Gasteiger charge is 2.07. The van der Waals surface area contributed by atoms with Crippen molar-refractivity contribution in [2.45, 2.75) is 20.0 Å². The fraction of sp³-hybridized carbons (Fsp3) is 0.500. The second kappa shape index (κ2) is 7.07. The Morgan fingerprint density at radius 3 is 2.71 bits per heavy atom. The van der Waals surface area contributed by atoms with Gasteiger partial charge in [0.05, 0.1) is 23.4 Å². The lowest BCUT2D eigenvalue weighted by Gasteiger charge is -2.14. The Kier molecular flexibility index (Phi) is 6.06. The Bertz CT molecular complexity index is 372. The first-order valence-corrected chi connectivity index (χ1v) is 6.25. The topological polar surface area (TPSA) is 41.5 Å². The van der Waals surface area contributed by atoms with Crippen molar-refractivity contribution in [1.82, 2.24) is 0 Å². The fourth-order valence-corrected chi connectivity index (χ4v) is 1.77. The van der Waals surface area contributed by atoms with E-state index in [1.54, 1.807) is 12.1 Å². The summed E-state index contributed by atoms with van der Waals surface area (Å²) in [6, 6.07) is 3.55. The number of anilines is 1. The molecule has 3 nitrogen and oxygen atoms in total. The van der Waals surface area contributed by atoms with Crippen LogP contribution < -0.4 is 5.32 Å². The zero-order valence-corrected chi connectivity index (χ0v) is 11.5. The third-order valence-electron chi connectivity index (χ3n) is 2.29. The van der Waals surface area contributed by atoms with Crippen molar-refractivity contribution in [3.63, 3.8) is 0 Å². The summed E-state index contributed by atoms with van der Waals surface area (Å²) in [5, 5.41) is 13.9. The van der Waals surface area contributed by atoms with Gasteiger partial charge in [-0.2, -0.15) is 0 Å². The van der Waals surface area contributed by atoms with Crippen LogP contribution in [-0.2, 0) is 4.74 Å². The molecular formula is C12H17Cl2NO2. The third-order valence-corrected chi connectivity index (χ3v) is 3.01. The molecule has 0 bridgehead atoms. The van der Waals surface area contributed by atoms with Gasteiger partial charge in [0.25, 0.3) is 0 Å². The number of nitrogens with one attached hydrogen (secondary N) is 1. The standard InChI is InChI=1S/C12H17Cl2NO2/c1-3-17-7-9(16)6-15-12-5-10(13)8(2)4-11(12)14/h4-5,9,15-16H,3,6-7H2,1-2H3. The summed E-state index contributed by atoms with van der Waals surface area (Å²) in [5.41, 5.74) is 1.65. The Hall–Kier alpha value is -0.480. The van der Waals surface area contributed by atoms with E-state index in [-0.39, 0.29) is 0 Å². The molecule has 0 saturated heterocycles. The lowest BCUT2D eigenvalue weighted by atomic mass is 10.2.